The Morgan fingerprint density at radius 3 is 2.60 bits per heavy atom. The summed E-state index contributed by atoms with van der Waals surface area (Å²) >= 11 is 0. The van der Waals surface area contributed by atoms with Crippen LogP contribution in [0.15, 0.2) is 16.6 Å². The van der Waals surface area contributed by atoms with Crippen LogP contribution in [0.25, 0.3) is 0 Å². The maximum atomic E-state index is 13.6. The summed E-state index contributed by atoms with van der Waals surface area (Å²) in [6.07, 6.45) is 7.49. The molecule has 2 aliphatic heterocycles. The molecule has 4 aliphatic rings. The van der Waals surface area contributed by atoms with Gasteiger partial charge in [-0.1, -0.05) is 24.5 Å². The number of guanidine groups is 1. The van der Waals surface area contributed by atoms with E-state index in [2.05, 4.69) is 15.6 Å². The van der Waals surface area contributed by atoms with E-state index in [1.807, 2.05) is 13.0 Å². The molecule has 7 atom stereocenters. The highest BCUT2D eigenvalue weighted by atomic mass is 16.7. The molecule has 2 heterocycles. The van der Waals surface area contributed by atoms with Gasteiger partial charge in [0, 0.05) is 31.3 Å². The Balaban J connectivity index is 1.55. The Morgan fingerprint density at radius 2 is 1.97 bits per heavy atom. The summed E-state index contributed by atoms with van der Waals surface area (Å²) in [6.45, 7) is 2.81. The lowest BCUT2D eigenvalue weighted by Crippen LogP contribution is -2.58. The number of nitrogens with zero attached hydrogens (tertiary/aromatic N) is 1. The molecule has 194 valence electrons. The Kier molecular flexibility index (Phi) is 7.36. The van der Waals surface area contributed by atoms with Crippen LogP contribution in [0.1, 0.15) is 58.3 Å². The van der Waals surface area contributed by atoms with Gasteiger partial charge in [-0.3, -0.25) is 14.6 Å². The molecule has 2 aliphatic carbocycles. The minimum atomic E-state index is -1.80. The van der Waals surface area contributed by atoms with Crippen molar-refractivity contribution in [1.82, 2.24) is 10.6 Å². The fourth-order valence-corrected chi connectivity index (χ4v) is 6.45. The maximum Gasteiger partial charge on any atom is 0.349 e. The van der Waals surface area contributed by atoms with Crippen LogP contribution in [0.2, 0.25) is 0 Å². The number of epoxide rings is 1. The minimum Gasteiger partial charge on any atom is -0.466 e. The number of nitrogens with one attached hydrogen (secondary N) is 2. The zero-order valence-corrected chi connectivity index (χ0v) is 21.0. The van der Waals surface area contributed by atoms with Gasteiger partial charge >= 0.3 is 5.97 Å². The number of carbonyl (C=O) groups is 3. The number of ketones is 2. The van der Waals surface area contributed by atoms with Crippen LogP contribution >= 0.6 is 0 Å². The fraction of sp³-hybridized carbons (Fsp3) is 0.760. The lowest BCUT2D eigenvalue weighted by atomic mass is 9.61. The molecular weight excluding hydrogens is 450 g/mol. The van der Waals surface area contributed by atoms with Crippen LogP contribution in [0.4, 0.5) is 0 Å². The largest absolute Gasteiger partial charge is 0.466 e. The van der Waals surface area contributed by atoms with Gasteiger partial charge in [-0.25, -0.2) is 4.79 Å². The van der Waals surface area contributed by atoms with Crippen molar-refractivity contribution in [3.63, 3.8) is 0 Å². The van der Waals surface area contributed by atoms with Gasteiger partial charge in [0.25, 0.3) is 5.60 Å². The number of hydrogen-bond donors (Lipinski definition) is 4. The number of Topliss-reactive ketones (excluding diaryl/α,β-unsaturated/α-hetero) is 2. The van der Waals surface area contributed by atoms with Gasteiger partial charge in [-0.15, -0.1) is 0 Å². The highest BCUT2D eigenvalue weighted by Gasteiger charge is 2.86. The molecule has 2 saturated heterocycles. The molecule has 35 heavy (non-hydrogen) atoms. The first kappa shape index (κ1) is 25.8. The molecule has 0 aromatic rings. The summed E-state index contributed by atoms with van der Waals surface area (Å²) in [5.41, 5.74) is 9.87. The van der Waals surface area contributed by atoms with E-state index in [1.54, 1.807) is 7.05 Å². The molecule has 0 amide bonds. The predicted molar refractivity (Wildman–Crippen MR) is 130 cm³/mol. The number of piperidine rings is 1. The first-order valence-electron chi connectivity index (χ1n) is 12.7. The van der Waals surface area contributed by atoms with Crippen LogP contribution in [-0.4, -0.2) is 67.6 Å². The average molecular weight is 490 g/mol. The first-order chi connectivity index (χ1) is 16.7. The van der Waals surface area contributed by atoms with Crippen molar-refractivity contribution >= 4 is 23.5 Å². The van der Waals surface area contributed by atoms with Gasteiger partial charge in [-0.05, 0) is 51.5 Å². The van der Waals surface area contributed by atoms with E-state index in [4.69, 9.17) is 20.9 Å². The van der Waals surface area contributed by atoms with E-state index in [0.29, 0.717) is 31.1 Å². The van der Waals surface area contributed by atoms with Crippen LogP contribution in [-0.2, 0) is 23.9 Å². The molecule has 0 spiro atoms. The van der Waals surface area contributed by atoms with Gasteiger partial charge in [-0.2, -0.15) is 0 Å². The standard InChI is InChI=1S/C25H39N5O5/c1-14(12-18(30-23(27)28-2)15-9-11-29-19(26)13-15)8-10-24-20(31)16-6-4-5-7-17(16)21(32)25(24,35-24)22(33)34-3/h8,15-19,29H,4-7,9-13,26H2,1-3H3,(H3,27,28,30). The Morgan fingerprint density at radius 1 is 1.29 bits per heavy atom. The van der Waals surface area contributed by atoms with Gasteiger partial charge in [0.1, 0.15) is 0 Å². The van der Waals surface area contributed by atoms with Gasteiger partial charge in [0.15, 0.2) is 23.1 Å². The summed E-state index contributed by atoms with van der Waals surface area (Å²) in [7, 11) is 2.87. The third-order valence-electron chi connectivity index (χ3n) is 8.41. The first-order valence-corrected chi connectivity index (χ1v) is 12.7. The predicted octanol–water partition coefficient (Wildman–Crippen LogP) is 0.539. The molecule has 10 heteroatoms. The zero-order chi connectivity index (χ0) is 25.4. The van der Waals surface area contributed by atoms with Crippen LogP contribution in [0.3, 0.4) is 0 Å². The number of aliphatic imine (C=N–C) groups is 1. The molecule has 6 N–H and O–H groups in total. The number of fused-ring (bicyclic) bond motifs is 2. The maximum absolute atomic E-state index is 13.6. The number of ether oxygens (including phenoxy) is 2. The summed E-state index contributed by atoms with van der Waals surface area (Å²) in [5, 5.41) is 6.57. The average Bonchev–Trinajstić information content (AvgIpc) is 3.57. The summed E-state index contributed by atoms with van der Waals surface area (Å²) in [6, 6.07) is 0.0116. The minimum absolute atomic E-state index is 0.0116. The third-order valence-corrected chi connectivity index (χ3v) is 8.41. The third kappa shape index (κ3) is 4.40. The summed E-state index contributed by atoms with van der Waals surface area (Å²) < 4.78 is 10.9. The monoisotopic (exact) mass is 489 g/mol. The van der Waals surface area contributed by atoms with Crippen LogP contribution in [0, 0.1) is 17.8 Å². The Hall–Kier alpha value is -2.30. The summed E-state index contributed by atoms with van der Waals surface area (Å²) in [5.74, 6) is -1.35. The molecule has 0 aromatic carbocycles. The number of rotatable bonds is 7. The molecule has 10 nitrogen and oxygen atoms in total. The number of carbonyl (C=O) groups excluding carboxylic acids is 3. The molecule has 2 saturated carbocycles. The van der Waals surface area contributed by atoms with Crippen molar-refractivity contribution < 1.29 is 23.9 Å². The second-order valence-corrected chi connectivity index (χ2v) is 10.5. The van der Waals surface area contributed by atoms with Crippen molar-refractivity contribution in [2.45, 2.75) is 81.7 Å². The molecular formula is C25H39N5O5. The van der Waals surface area contributed by atoms with Crippen molar-refractivity contribution in [3.05, 3.63) is 11.6 Å². The SMILES string of the molecule is CN=C(N)NC(CC(C)=CCC12OC1(C(=O)OC)C(=O)C1CCCCC1C2=O)C1CCNC(N)C1. The van der Waals surface area contributed by atoms with Crippen molar-refractivity contribution in [2.75, 3.05) is 20.7 Å². The summed E-state index contributed by atoms with van der Waals surface area (Å²) in [4.78, 5) is 43.9. The molecule has 0 radical (unpaired) electrons. The number of hydrogen-bond acceptors (Lipinski definition) is 8. The normalized spacial score (nSPS) is 38.3. The highest BCUT2D eigenvalue weighted by Crippen LogP contribution is 2.61. The topological polar surface area (TPSA) is 161 Å². The second kappa shape index (κ2) is 9.99. The van der Waals surface area contributed by atoms with E-state index in [1.165, 1.54) is 7.11 Å². The van der Waals surface area contributed by atoms with Crippen molar-refractivity contribution in [1.29, 1.82) is 0 Å². The molecule has 4 fully saturated rings. The van der Waals surface area contributed by atoms with E-state index in [0.717, 1.165) is 37.8 Å². The van der Waals surface area contributed by atoms with E-state index in [9.17, 15) is 14.4 Å². The molecule has 0 bridgehead atoms. The zero-order valence-electron chi connectivity index (χ0n) is 21.0. The molecule has 4 rings (SSSR count). The van der Waals surface area contributed by atoms with Crippen LogP contribution in [0.5, 0.6) is 0 Å². The smallest absolute Gasteiger partial charge is 0.349 e. The Labute approximate surface area is 206 Å². The highest BCUT2D eigenvalue weighted by molar-refractivity contribution is 6.23. The van der Waals surface area contributed by atoms with Gasteiger partial charge in [0.2, 0.25) is 0 Å². The number of methoxy groups -OCH3 is 1. The number of nitrogens with two attached hydrogens (primary N) is 2. The van der Waals surface area contributed by atoms with Gasteiger partial charge < -0.3 is 31.6 Å². The Bertz CT molecular complexity index is 935. The lowest BCUT2D eigenvalue weighted by Gasteiger charge is -2.36. The van der Waals surface area contributed by atoms with Crippen molar-refractivity contribution in [3.8, 4) is 0 Å². The lowest BCUT2D eigenvalue weighted by molar-refractivity contribution is -0.156. The quantitative estimate of drug-likeness (QED) is 0.0998. The fourth-order valence-electron chi connectivity index (χ4n) is 6.45. The molecule has 0 aromatic heterocycles. The van der Waals surface area contributed by atoms with Gasteiger partial charge in [0.05, 0.1) is 13.3 Å². The molecule has 7 unspecified atom stereocenters. The van der Waals surface area contributed by atoms with Crippen molar-refractivity contribution in [2.24, 2.45) is 34.2 Å². The number of esters is 1. The van der Waals surface area contributed by atoms with E-state index >= 15 is 0 Å². The van der Waals surface area contributed by atoms with Crippen LogP contribution < -0.4 is 22.1 Å². The van der Waals surface area contributed by atoms with E-state index in [-0.39, 0.29) is 36.1 Å². The van der Waals surface area contributed by atoms with E-state index < -0.39 is 23.1 Å². The second-order valence-electron chi connectivity index (χ2n) is 10.5.